The Kier molecular flexibility index (Phi) is 6.79. The second-order valence-corrected chi connectivity index (χ2v) is 11.0. The second kappa shape index (κ2) is 9.50. The summed E-state index contributed by atoms with van der Waals surface area (Å²) in [6.07, 6.45) is 2.60. The minimum absolute atomic E-state index is 0.0235. The Morgan fingerprint density at radius 1 is 1.20 bits per heavy atom. The Labute approximate surface area is 205 Å². The van der Waals surface area contributed by atoms with Crippen molar-refractivity contribution in [1.29, 1.82) is 0 Å². The molecule has 2 amide bonds. The molecule has 0 bridgehead atoms. The fourth-order valence-corrected chi connectivity index (χ4v) is 5.09. The van der Waals surface area contributed by atoms with E-state index in [0.29, 0.717) is 44.2 Å². The standard InChI is InChI=1S/C24H37N7O4/c1-14(2)18-12-25-31-20(18)26-15(3)27-21(31)28-17-8-10-30(22(32)33)19(11-17)16-7-9-29(13-16)23(34)35-24(4,5)6/h12,14,16-17,19H,7-11,13H2,1-6H3,(H,32,33)(H,26,27,28)/t16?,17?,19-/m0/s1. The third-order valence-electron chi connectivity index (χ3n) is 6.77. The van der Waals surface area contributed by atoms with Gasteiger partial charge in [0.05, 0.1) is 6.20 Å². The monoisotopic (exact) mass is 487 g/mol. The zero-order chi connectivity index (χ0) is 25.5. The number of aromatic nitrogens is 4. The summed E-state index contributed by atoms with van der Waals surface area (Å²) in [5.41, 5.74) is 1.29. The molecule has 2 N–H and O–H groups in total. The van der Waals surface area contributed by atoms with Crippen LogP contribution >= 0.6 is 0 Å². The van der Waals surface area contributed by atoms with Crippen molar-refractivity contribution < 1.29 is 19.4 Å². The molecule has 4 rings (SSSR count). The second-order valence-electron chi connectivity index (χ2n) is 11.0. The van der Waals surface area contributed by atoms with Crippen LogP contribution in [0.3, 0.4) is 0 Å². The summed E-state index contributed by atoms with van der Waals surface area (Å²) in [6.45, 7) is 13.1. The number of nitrogens with zero attached hydrogens (tertiary/aromatic N) is 6. The molecule has 11 heteroatoms. The Morgan fingerprint density at radius 3 is 2.60 bits per heavy atom. The first-order valence-corrected chi connectivity index (χ1v) is 12.4. The number of rotatable bonds is 4. The molecule has 2 aromatic rings. The number of amides is 2. The highest BCUT2D eigenvalue weighted by molar-refractivity contribution is 5.69. The zero-order valence-corrected chi connectivity index (χ0v) is 21.5. The number of nitrogens with one attached hydrogen (secondary N) is 1. The lowest BCUT2D eigenvalue weighted by Gasteiger charge is -2.41. The molecule has 11 nitrogen and oxygen atoms in total. The van der Waals surface area contributed by atoms with E-state index in [0.717, 1.165) is 17.6 Å². The van der Waals surface area contributed by atoms with Gasteiger partial charge in [-0.15, -0.1) is 0 Å². The number of fused-ring (bicyclic) bond motifs is 1. The highest BCUT2D eigenvalue weighted by Crippen LogP contribution is 2.32. The average molecular weight is 488 g/mol. The molecule has 2 aliphatic heterocycles. The summed E-state index contributed by atoms with van der Waals surface area (Å²) >= 11 is 0. The molecule has 35 heavy (non-hydrogen) atoms. The fourth-order valence-electron chi connectivity index (χ4n) is 5.09. The van der Waals surface area contributed by atoms with E-state index in [2.05, 4.69) is 34.2 Å². The number of aryl methyl sites for hydroxylation is 1. The summed E-state index contributed by atoms with van der Waals surface area (Å²) in [4.78, 5) is 37.0. The van der Waals surface area contributed by atoms with Crippen molar-refractivity contribution in [2.75, 3.05) is 25.0 Å². The summed E-state index contributed by atoms with van der Waals surface area (Å²) in [7, 11) is 0. The molecule has 4 heterocycles. The normalized spacial score (nSPS) is 23.2. The van der Waals surface area contributed by atoms with Crippen molar-refractivity contribution in [3.05, 3.63) is 17.6 Å². The van der Waals surface area contributed by atoms with Gasteiger partial charge < -0.3 is 25.0 Å². The molecular weight excluding hydrogens is 450 g/mol. The third kappa shape index (κ3) is 5.43. The van der Waals surface area contributed by atoms with E-state index < -0.39 is 11.7 Å². The largest absolute Gasteiger partial charge is 0.465 e. The topological polar surface area (TPSA) is 125 Å². The van der Waals surface area contributed by atoms with Gasteiger partial charge in [0.1, 0.15) is 11.4 Å². The van der Waals surface area contributed by atoms with E-state index in [4.69, 9.17) is 4.74 Å². The molecular formula is C24H37N7O4. The van der Waals surface area contributed by atoms with Gasteiger partial charge in [-0.2, -0.15) is 14.6 Å². The van der Waals surface area contributed by atoms with Crippen LogP contribution < -0.4 is 5.32 Å². The van der Waals surface area contributed by atoms with Gasteiger partial charge in [0.25, 0.3) is 0 Å². The molecule has 2 aliphatic rings. The van der Waals surface area contributed by atoms with Crippen LogP contribution in [0.2, 0.25) is 0 Å². The first-order chi connectivity index (χ1) is 16.4. The molecule has 0 spiro atoms. The Hall–Kier alpha value is -3.11. The van der Waals surface area contributed by atoms with Crippen LogP contribution in [0.4, 0.5) is 15.5 Å². The molecule has 2 aromatic heterocycles. The smallest absolute Gasteiger partial charge is 0.410 e. The van der Waals surface area contributed by atoms with E-state index >= 15 is 0 Å². The average Bonchev–Trinajstić information content (AvgIpc) is 3.40. The number of hydrogen-bond donors (Lipinski definition) is 2. The maximum absolute atomic E-state index is 12.6. The lowest BCUT2D eigenvalue weighted by Crippen LogP contribution is -2.52. The zero-order valence-electron chi connectivity index (χ0n) is 21.5. The van der Waals surface area contributed by atoms with Crippen LogP contribution in [0, 0.1) is 12.8 Å². The summed E-state index contributed by atoms with van der Waals surface area (Å²) in [5.74, 6) is 1.61. The van der Waals surface area contributed by atoms with Gasteiger partial charge in [0, 0.05) is 37.3 Å². The van der Waals surface area contributed by atoms with Gasteiger partial charge in [0.15, 0.2) is 5.65 Å². The molecule has 0 saturated carbocycles. The number of carbonyl (C=O) groups excluding carboxylic acids is 1. The molecule has 0 radical (unpaired) electrons. The molecule has 192 valence electrons. The van der Waals surface area contributed by atoms with Crippen LogP contribution in [0.1, 0.15) is 71.2 Å². The number of hydrogen-bond acceptors (Lipinski definition) is 7. The minimum Gasteiger partial charge on any atom is -0.465 e. The van der Waals surface area contributed by atoms with Crippen molar-refractivity contribution in [2.45, 2.75) is 84.4 Å². The molecule has 2 unspecified atom stereocenters. The molecule has 2 saturated heterocycles. The fraction of sp³-hybridized carbons (Fsp3) is 0.708. The van der Waals surface area contributed by atoms with E-state index in [1.807, 2.05) is 33.9 Å². The van der Waals surface area contributed by atoms with Crippen molar-refractivity contribution >= 4 is 23.8 Å². The van der Waals surface area contributed by atoms with Crippen molar-refractivity contribution in [3.8, 4) is 0 Å². The highest BCUT2D eigenvalue weighted by atomic mass is 16.6. The maximum atomic E-state index is 12.6. The predicted octanol–water partition coefficient (Wildman–Crippen LogP) is 3.74. The molecule has 0 aliphatic carbocycles. The van der Waals surface area contributed by atoms with Gasteiger partial charge in [-0.25, -0.2) is 14.6 Å². The van der Waals surface area contributed by atoms with Crippen LogP contribution in [0.5, 0.6) is 0 Å². The van der Waals surface area contributed by atoms with E-state index in [9.17, 15) is 14.7 Å². The van der Waals surface area contributed by atoms with Crippen LogP contribution in [0.15, 0.2) is 6.20 Å². The van der Waals surface area contributed by atoms with Gasteiger partial charge in [-0.1, -0.05) is 13.8 Å². The first kappa shape index (κ1) is 25.0. The Morgan fingerprint density at radius 2 is 1.94 bits per heavy atom. The lowest BCUT2D eigenvalue weighted by molar-refractivity contribution is 0.0272. The quantitative estimate of drug-likeness (QED) is 0.668. The first-order valence-electron chi connectivity index (χ1n) is 12.4. The number of carbonyl (C=O) groups is 2. The number of likely N-dealkylation sites (tertiary alicyclic amines) is 2. The van der Waals surface area contributed by atoms with Gasteiger partial charge in [0.2, 0.25) is 5.95 Å². The maximum Gasteiger partial charge on any atom is 0.410 e. The Balaban J connectivity index is 1.51. The van der Waals surface area contributed by atoms with Crippen molar-refractivity contribution in [3.63, 3.8) is 0 Å². The number of anilines is 1. The van der Waals surface area contributed by atoms with Crippen LogP contribution in [-0.4, -0.2) is 84.0 Å². The third-order valence-corrected chi connectivity index (χ3v) is 6.77. The molecule has 3 atom stereocenters. The number of carboxylic acid groups (broad SMARTS) is 1. The number of ether oxygens (including phenoxy) is 1. The Bertz CT molecular complexity index is 1090. The summed E-state index contributed by atoms with van der Waals surface area (Å²) in [5, 5.41) is 17.9. The highest BCUT2D eigenvalue weighted by Gasteiger charge is 2.41. The minimum atomic E-state index is -0.918. The van der Waals surface area contributed by atoms with E-state index in [1.54, 1.807) is 9.42 Å². The SMILES string of the molecule is Cc1nc(NC2CCN(C(=O)O)[C@H](C3CCN(C(=O)OC(C)(C)C)C3)C2)n2ncc(C(C)C)c2n1. The van der Waals surface area contributed by atoms with E-state index in [1.165, 1.54) is 4.90 Å². The molecule has 2 fully saturated rings. The van der Waals surface area contributed by atoms with Crippen LogP contribution in [0.25, 0.3) is 5.65 Å². The number of piperidine rings is 1. The van der Waals surface area contributed by atoms with Crippen molar-refractivity contribution in [2.24, 2.45) is 5.92 Å². The summed E-state index contributed by atoms with van der Waals surface area (Å²) in [6, 6.07) is -0.177. The predicted molar refractivity (Wildman–Crippen MR) is 131 cm³/mol. The molecule has 0 aromatic carbocycles. The lowest BCUT2D eigenvalue weighted by atomic mass is 9.87. The van der Waals surface area contributed by atoms with Gasteiger partial charge in [-0.05, 0) is 58.8 Å². The van der Waals surface area contributed by atoms with Crippen LogP contribution in [-0.2, 0) is 4.74 Å². The van der Waals surface area contributed by atoms with E-state index in [-0.39, 0.29) is 30.0 Å². The van der Waals surface area contributed by atoms with Crippen molar-refractivity contribution in [1.82, 2.24) is 29.4 Å². The summed E-state index contributed by atoms with van der Waals surface area (Å²) < 4.78 is 7.26. The van der Waals surface area contributed by atoms with Gasteiger partial charge >= 0.3 is 12.2 Å². The van der Waals surface area contributed by atoms with Gasteiger partial charge in [-0.3, -0.25) is 0 Å².